The summed E-state index contributed by atoms with van der Waals surface area (Å²) < 4.78 is 31.2. The molecule has 2 aromatic heterocycles. The summed E-state index contributed by atoms with van der Waals surface area (Å²) in [5.41, 5.74) is 2.10. The van der Waals surface area contributed by atoms with E-state index in [0.717, 1.165) is 11.1 Å². The van der Waals surface area contributed by atoms with Crippen molar-refractivity contribution in [3.05, 3.63) is 53.8 Å². The molecule has 102 valence electrons. The van der Waals surface area contributed by atoms with Gasteiger partial charge in [0.2, 0.25) is 0 Å². The molecule has 3 rings (SSSR count). The molecule has 0 spiro atoms. The molecule has 0 saturated carbocycles. The Morgan fingerprint density at radius 3 is 2.85 bits per heavy atom. The molecule has 0 unspecified atom stereocenters. The van der Waals surface area contributed by atoms with E-state index in [2.05, 4.69) is 9.84 Å². The Bertz CT molecular complexity index is 758. The van der Waals surface area contributed by atoms with Gasteiger partial charge in [0, 0.05) is 18.0 Å². The highest BCUT2D eigenvalue weighted by Gasteiger charge is 2.15. The van der Waals surface area contributed by atoms with Crippen molar-refractivity contribution < 1.29 is 13.5 Å². The lowest BCUT2D eigenvalue weighted by Gasteiger charge is -2.12. The Morgan fingerprint density at radius 1 is 1.20 bits per heavy atom. The van der Waals surface area contributed by atoms with Crippen molar-refractivity contribution >= 4 is 17.1 Å². The second kappa shape index (κ2) is 5.09. The average Bonchev–Trinajstić information content (AvgIpc) is 2.88. The maximum atomic E-state index is 12.5. The summed E-state index contributed by atoms with van der Waals surface area (Å²) in [5, 5.41) is 4.23. The minimum absolute atomic E-state index is 0.0203. The van der Waals surface area contributed by atoms with E-state index in [4.69, 9.17) is 11.6 Å². The Labute approximate surface area is 118 Å². The van der Waals surface area contributed by atoms with E-state index in [1.807, 2.05) is 12.1 Å². The third-order valence-electron chi connectivity index (χ3n) is 2.88. The Balaban J connectivity index is 2.14. The first-order valence-electron chi connectivity index (χ1n) is 5.82. The number of ether oxygens (including phenoxy) is 1. The van der Waals surface area contributed by atoms with E-state index >= 15 is 0 Å². The lowest BCUT2D eigenvalue weighted by molar-refractivity contribution is -0.0493. The average molecular weight is 295 g/mol. The van der Waals surface area contributed by atoms with Gasteiger partial charge < -0.3 is 4.74 Å². The molecule has 6 heteroatoms. The van der Waals surface area contributed by atoms with E-state index < -0.39 is 6.61 Å². The van der Waals surface area contributed by atoms with Crippen molar-refractivity contribution in [2.75, 3.05) is 0 Å². The number of alkyl halides is 2. The molecule has 0 N–H and O–H groups in total. The lowest BCUT2D eigenvalue weighted by atomic mass is 10.1. The predicted octanol–water partition coefficient (Wildman–Crippen LogP) is 4.26. The number of rotatable bonds is 3. The first-order valence-corrected chi connectivity index (χ1v) is 6.20. The summed E-state index contributed by atoms with van der Waals surface area (Å²) in [4.78, 5) is 0. The summed E-state index contributed by atoms with van der Waals surface area (Å²) >= 11 is 5.94. The van der Waals surface area contributed by atoms with Crippen molar-refractivity contribution in [3.63, 3.8) is 0 Å². The monoisotopic (exact) mass is 294 g/mol. The number of hydrogen-bond acceptors (Lipinski definition) is 2. The van der Waals surface area contributed by atoms with Gasteiger partial charge >= 0.3 is 6.61 Å². The van der Waals surface area contributed by atoms with Gasteiger partial charge in [-0.05, 0) is 29.8 Å². The fourth-order valence-electron chi connectivity index (χ4n) is 2.03. The molecular formula is C14H9ClF2N2O. The topological polar surface area (TPSA) is 26.5 Å². The van der Waals surface area contributed by atoms with Crippen molar-refractivity contribution in [1.82, 2.24) is 9.61 Å². The summed E-state index contributed by atoms with van der Waals surface area (Å²) in [7, 11) is 0. The smallest absolute Gasteiger partial charge is 0.387 e. The van der Waals surface area contributed by atoms with Crippen LogP contribution in [0.25, 0.3) is 16.6 Å². The van der Waals surface area contributed by atoms with Crippen molar-refractivity contribution in [1.29, 1.82) is 0 Å². The van der Waals surface area contributed by atoms with Crippen LogP contribution in [-0.2, 0) is 0 Å². The van der Waals surface area contributed by atoms with Gasteiger partial charge in [0.05, 0.1) is 10.5 Å². The maximum Gasteiger partial charge on any atom is 0.387 e. The molecule has 0 fully saturated rings. The molecule has 0 radical (unpaired) electrons. The second-order valence-corrected chi connectivity index (χ2v) is 4.52. The van der Waals surface area contributed by atoms with Crippen LogP contribution in [0.5, 0.6) is 5.75 Å². The Morgan fingerprint density at radius 2 is 2.05 bits per heavy atom. The van der Waals surface area contributed by atoms with Crippen LogP contribution < -0.4 is 4.74 Å². The molecule has 0 bridgehead atoms. The van der Waals surface area contributed by atoms with Crippen LogP contribution in [0.15, 0.2) is 48.8 Å². The van der Waals surface area contributed by atoms with Crippen LogP contribution >= 0.6 is 11.6 Å². The van der Waals surface area contributed by atoms with E-state index in [-0.39, 0.29) is 10.8 Å². The van der Waals surface area contributed by atoms with Crippen LogP contribution in [0.4, 0.5) is 8.78 Å². The van der Waals surface area contributed by atoms with Gasteiger partial charge in [-0.2, -0.15) is 13.9 Å². The number of nitrogens with zero attached hydrogens (tertiary/aromatic N) is 2. The number of hydrogen-bond donors (Lipinski definition) is 0. The Kier molecular flexibility index (Phi) is 3.28. The summed E-state index contributed by atoms with van der Waals surface area (Å²) in [6.45, 7) is -2.92. The number of aromatic nitrogens is 2. The normalized spacial score (nSPS) is 11.2. The van der Waals surface area contributed by atoms with Crippen LogP contribution in [-0.4, -0.2) is 16.2 Å². The highest BCUT2D eigenvalue weighted by atomic mass is 35.5. The minimum atomic E-state index is -2.92. The lowest BCUT2D eigenvalue weighted by Crippen LogP contribution is -2.03. The standard InChI is InChI=1S/C14H9ClF2N2O/c15-12-3-1-2-11(13(12)20-14(16)17)9-5-7-19-10(8-9)4-6-18-19/h1-8,14H. The molecule has 0 aliphatic carbocycles. The fourth-order valence-corrected chi connectivity index (χ4v) is 2.25. The van der Waals surface area contributed by atoms with Gasteiger partial charge in [-0.1, -0.05) is 23.7 Å². The van der Waals surface area contributed by atoms with Crippen molar-refractivity contribution in [2.24, 2.45) is 0 Å². The van der Waals surface area contributed by atoms with Gasteiger partial charge in [-0.15, -0.1) is 0 Å². The quantitative estimate of drug-likeness (QED) is 0.721. The molecular weight excluding hydrogens is 286 g/mol. The van der Waals surface area contributed by atoms with Crippen LogP contribution in [0.1, 0.15) is 0 Å². The van der Waals surface area contributed by atoms with E-state index in [0.29, 0.717) is 5.56 Å². The van der Waals surface area contributed by atoms with Crippen LogP contribution in [0.3, 0.4) is 0 Å². The summed E-state index contributed by atoms with van der Waals surface area (Å²) in [6.07, 6.45) is 3.41. The third kappa shape index (κ3) is 2.32. The molecule has 0 saturated heterocycles. The van der Waals surface area contributed by atoms with E-state index in [1.54, 1.807) is 35.1 Å². The highest BCUT2D eigenvalue weighted by molar-refractivity contribution is 6.32. The van der Waals surface area contributed by atoms with Crippen LogP contribution in [0.2, 0.25) is 5.02 Å². The van der Waals surface area contributed by atoms with Gasteiger partial charge in [0.1, 0.15) is 0 Å². The molecule has 3 aromatic rings. The van der Waals surface area contributed by atoms with Gasteiger partial charge in [-0.3, -0.25) is 0 Å². The number of benzene rings is 1. The third-order valence-corrected chi connectivity index (χ3v) is 3.18. The van der Waals surface area contributed by atoms with Gasteiger partial charge in [-0.25, -0.2) is 4.52 Å². The molecule has 0 atom stereocenters. The fraction of sp³-hybridized carbons (Fsp3) is 0.0714. The first-order chi connectivity index (χ1) is 9.65. The van der Waals surface area contributed by atoms with Crippen molar-refractivity contribution in [2.45, 2.75) is 6.61 Å². The molecule has 0 amide bonds. The SMILES string of the molecule is FC(F)Oc1c(Cl)cccc1-c1ccn2nccc2c1. The Hall–Kier alpha value is -2.14. The first kappa shape index (κ1) is 12.9. The second-order valence-electron chi connectivity index (χ2n) is 4.11. The molecule has 20 heavy (non-hydrogen) atoms. The number of para-hydroxylation sites is 1. The van der Waals surface area contributed by atoms with Crippen molar-refractivity contribution in [3.8, 4) is 16.9 Å². The predicted molar refractivity (Wildman–Crippen MR) is 72.3 cm³/mol. The molecule has 1 aromatic carbocycles. The van der Waals surface area contributed by atoms with Gasteiger partial charge in [0.15, 0.2) is 5.75 Å². The van der Waals surface area contributed by atoms with Gasteiger partial charge in [0.25, 0.3) is 0 Å². The number of fused-ring (bicyclic) bond motifs is 1. The molecule has 0 aliphatic rings. The van der Waals surface area contributed by atoms with Crippen LogP contribution in [0, 0.1) is 0 Å². The molecule has 3 nitrogen and oxygen atoms in total. The minimum Gasteiger partial charge on any atom is -0.433 e. The number of pyridine rings is 1. The zero-order valence-electron chi connectivity index (χ0n) is 10.1. The highest BCUT2D eigenvalue weighted by Crippen LogP contribution is 2.37. The summed E-state index contributed by atoms with van der Waals surface area (Å²) in [5.74, 6) is -0.0203. The number of halogens is 3. The van der Waals surface area contributed by atoms with E-state index in [9.17, 15) is 8.78 Å². The molecule has 2 heterocycles. The zero-order valence-corrected chi connectivity index (χ0v) is 10.9. The zero-order chi connectivity index (χ0) is 14.1. The summed E-state index contributed by atoms with van der Waals surface area (Å²) in [6, 6.07) is 10.3. The maximum absolute atomic E-state index is 12.5. The van der Waals surface area contributed by atoms with E-state index in [1.165, 1.54) is 6.07 Å². The largest absolute Gasteiger partial charge is 0.433 e. The molecule has 0 aliphatic heterocycles.